The van der Waals surface area contributed by atoms with Crippen molar-refractivity contribution in [3.63, 3.8) is 0 Å². The average molecular weight is 358 g/mol. The molecular formula is C14H19IN2O. The van der Waals surface area contributed by atoms with Crippen molar-refractivity contribution in [1.82, 2.24) is 5.32 Å². The number of rotatable bonds is 4. The van der Waals surface area contributed by atoms with Gasteiger partial charge in [0, 0.05) is 15.7 Å². The zero-order valence-electron chi connectivity index (χ0n) is 10.8. The largest absolute Gasteiger partial charge is 0.345 e. The van der Waals surface area contributed by atoms with Crippen LogP contribution in [0.4, 0.5) is 0 Å². The number of hydrogen-bond donors (Lipinski definition) is 2. The van der Waals surface area contributed by atoms with Crippen LogP contribution in [0.3, 0.4) is 0 Å². The monoisotopic (exact) mass is 358 g/mol. The molecule has 0 saturated heterocycles. The second-order valence-corrected chi connectivity index (χ2v) is 6.42. The fourth-order valence-electron chi connectivity index (χ4n) is 2.22. The topological polar surface area (TPSA) is 55.1 Å². The molecule has 1 unspecified atom stereocenters. The predicted molar refractivity (Wildman–Crippen MR) is 81.5 cm³/mol. The number of carbonyl (C=O) groups excluding carboxylic acids is 1. The Morgan fingerprint density at radius 3 is 2.78 bits per heavy atom. The van der Waals surface area contributed by atoms with E-state index in [-0.39, 0.29) is 11.4 Å². The number of hydrogen-bond acceptors (Lipinski definition) is 2. The summed E-state index contributed by atoms with van der Waals surface area (Å²) in [4.78, 5) is 12.4. The Labute approximate surface area is 122 Å². The van der Waals surface area contributed by atoms with Gasteiger partial charge in [-0.15, -0.1) is 0 Å². The van der Waals surface area contributed by atoms with Crippen LogP contribution in [0.1, 0.15) is 35.7 Å². The maximum Gasteiger partial charge on any atom is 0.252 e. The van der Waals surface area contributed by atoms with Gasteiger partial charge in [-0.3, -0.25) is 4.79 Å². The third kappa shape index (κ3) is 2.69. The van der Waals surface area contributed by atoms with E-state index in [1.54, 1.807) is 0 Å². The smallest absolute Gasteiger partial charge is 0.252 e. The maximum atomic E-state index is 12.4. The first-order chi connectivity index (χ1) is 8.48. The molecular weight excluding hydrogens is 339 g/mol. The van der Waals surface area contributed by atoms with Gasteiger partial charge in [0.05, 0.1) is 5.54 Å². The fraction of sp³-hybridized carbons (Fsp3) is 0.500. The lowest BCUT2D eigenvalue weighted by atomic mass is 9.95. The molecule has 0 bridgehead atoms. The third-order valence-corrected chi connectivity index (χ3v) is 4.98. The van der Waals surface area contributed by atoms with E-state index in [9.17, 15) is 4.79 Å². The highest BCUT2D eigenvalue weighted by molar-refractivity contribution is 14.1. The minimum Gasteiger partial charge on any atom is -0.345 e. The van der Waals surface area contributed by atoms with Crippen molar-refractivity contribution in [3.05, 3.63) is 32.9 Å². The molecule has 2 rings (SSSR count). The average Bonchev–Trinajstić information content (AvgIpc) is 3.16. The lowest BCUT2D eigenvalue weighted by molar-refractivity contribution is 0.0897. The van der Waals surface area contributed by atoms with Gasteiger partial charge in [0.25, 0.3) is 5.91 Å². The van der Waals surface area contributed by atoms with E-state index in [4.69, 9.17) is 5.73 Å². The van der Waals surface area contributed by atoms with E-state index in [0.717, 1.165) is 14.7 Å². The van der Waals surface area contributed by atoms with Crippen LogP contribution >= 0.6 is 22.6 Å². The molecule has 1 aromatic rings. The van der Waals surface area contributed by atoms with Gasteiger partial charge in [-0.05, 0) is 72.9 Å². The number of carbonyl (C=O) groups is 1. The molecule has 18 heavy (non-hydrogen) atoms. The molecule has 4 heteroatoms. The standard InChI is InChI=1S/C14H19IN2O/c1-9-11(4-3-5-12(9)15)13(18)17-14(2,8-16)10-6-7-10/h3-5,10H,6-8,16H2,1-2H3,(H,17,18). The Balaban J connectivity index is 2.19. The third-order valence-electron chi connectivity index (χ3n) is 3.81. The van der Waals surface area contributed by atoms with Crippen molar-refractivity contribution in [1.29, 1.82) is 0 Å². The van der Waals surface area contributed by atoms with Crippen LogP contribution in [0.5, 0.6) is 0 Å². The van der Waals surface area contributed by atoms with Gasteiger partial charge < -0.3 is 11.1 Å². The molecule has 1 fully saturated rings. The summed E-state index contributed by atoms with van der Waals surface area (Å²) in [6.45, 7) is 4.52. The number of halogens is 1. The quantitative estimate of drug-likeness (QED) is 0.813. The number of nitrogens with two attached hydrogens (primary N) is 1. The molecule has 0 spiro atoms. The van der Waals surface area contributed by atoms with Gasteiger partial charge in [-0.2, -0.15) is 0 Å². The molecule has 1 aromatic carbocycles. The Morgan fingerprint density at radius 2 is 2.22 bits per heavy atom. The van der Waals surface area contributed by atoms with Crippen LogP contribution in [0.2, 0.25) is 0 Å². The van der Waals surface area contributed by atoms with Gasteiger partial charge in [-0.1, -0.05) is 6.07 Å². The Morgan fingerprint density at radius 1 is 1.56 bits per heavy atom. The highest BCUT2D eigenvalue weighted by atomic mass is 127. The lowest BCUT2D eigenvalue weighted by Gasteiger charge is -2.29. The minimum absolute atomic E-state index is 0.00846. The van der Waals surface area contributed by atoms with Gasteiger partial charge in [0.15, 0.2) is 0 Å². The molecule has 1 aliphatic carbocycles. The van der Waals surface area contributed by atoms with Crippen LogP contribution in [0, 0.1) is 16.4 Å². The summed E-state index contributed by atoms with van der Waals surface area (Å²) in [6, 6.07) is 5.80. The molecule has 1 aliphatic rings. The molecule has 98 valence electrons. The van der Waals surface area contributed by atoms with E-state index in [0.29, 0.717) is 12.5 Å². The van der Waals surface area contributed by atoms with Crippen LogP contribution in [-0.2, 0) is 0 Å². The second kappa shape index (κ2) is 5.17. The Kier molecular flexibility index (Phi) is 3.96. The summed E-state index contributed by atoms with van der Waals surface area (Å²) < 4.78 is 1.11. The molecule has 0 aromatic heterocycles. The first kappa shape index (κ1) is 13.8. The van der Waals surface area contributed by atoms with Crippen molar-refractivity contribution < 1.29 is 4.79 Å². The minimum atomic E-state index is -0.259. The molecule has 1 saturated carbocycles. The van der Waals surface area contributed by atoms with Gasteiger partial charge >= 0.3 is 0 Å². The predicted octanol–water partition coefficient (Wildman–Crippen LogP) is 2.46. The SMILES string of the molecule is Cc1c(I)cccc1C(=O)NC(C)(CN)C1CC1. The highest BCUT2D eigenvalue weighted by Crippen LogP contribution is 2.39. The summed E-state index contributed by atoms with van der Waals surface area (Å²) in [7, 11) is 0. The van der Waals surface area contributed by atoms with Gasteiger partial charge in [0.1, 0.15) is 0 Å². The summed E-state index contributed by atoms with van der Waals surface area (Å²) in [6.07, 6.45) is 2.33. The fourth-order valence-corrected chi connectivity index (χ4v) is 2.72. The lowest BCUT2D eigenvalue weighted by Crippen LogP contribution is -2.53. The molecule has 1 atom stereocenters. The molecule has 3 N–H and O–H groups in total. The van der Waals surface area contributed by atoms with Crippen molar-refractivity contribution in [2.24, 2.45) is 11.7 Å². The van der Waals surface area contributed by atoms with Crippen molar-refractivity contribution >= 4 is 28.5 Å². The van der Waals surface area contributed by atoms with Crippen molar-refractivity contribution in [2.75, 3.05) is 6.54 Å². The van der Waals surface area contributed by atoms with Crippen LogP contribution in [-0.4, -0.2) is 18.0 Å². The van der Waals surface area contributed by atoms with Crippen molar-refractivity contribution in [2.45, 2.75) is 32.2 Å². The van der Waals surface area contributed by atoms with Crippen LogP contribution in [0.15, 0.2) is 18.2 Å². The van der Waals surface area contributed by atoms with Crippen LogP contribution in [0.25, 0.3) is 0 Å². The van der Waals surface area contributed by atoms with E-state index in [2.05, 4.69) is 27.9 Å². The zero-order valence-corrected chi connectivity index (χ0v) is 13.0. The highest BCUT2D eigenvalue weighted by Gasteiger charge is 2.41. The van der Waals surface area contributed by atoms with Crippen molar-refractivity contribution in [3.8, 4) is 0 Å². The number of amides is 1. The summed E-state index contributed by atoms with van der Waals surface area (Å²) in [5.74, 6) is 0.528. The summed E-state index contributed by atoms with van der Waals surface area (Å²) in [5, 5.41) is 3.12. The van der Waals surface area contributed by atoms with Crippen LogP contribution < -0.4 is 11.1 Å². The first-order valence-corrected chi connectivity index (χ1v) is 7.33. The van der Waals surface area contributed by atoms with E-state index in [1.165, 1.54) is 12.8 Å². The molecule has 0 aliphatic heterocycles. The molecule has 1 amide bonds. The van der Waals surface area contributed by atoms with Gasteiger partial charge in [0.2, 0.25) is 0 Å². The summed E-state index contributed by atoms with van der Waals surface area (Å²) in [5.41, 5.74) is 7.35. The Hall–Kier alpha value is -0.620. The van der Waals surface area contributed by atoms with E-state index in [1.807, 2.05) is 32.0 Å². The number of benzene rings is 1. The van der Waals surface area contributed by atoms with E-state index >= 15 is 0 Å². The van der Waals surface area contributed by atoms with Gasteiger partial charge in [-0.25, -0.2) is 0 Å². The first-order valence-electron chi connectivity index (χ1n) is 6.25. The maximum absolute atomic E-state index is 12.4. The van der Waals surface area contributed by atoms with E-state index < -0.39 is 0 Å². The summed E-state index contributed by atoms with van der Waals surface area (Å²) >= 11 is 2.25. The normalized spacial score (nSPS) is 18.2. The molecule has 3 nitrogen and oxygen atoms in total. The molecule has 0 heterocycles. The second-order valence-electron chi connectivity index (χ2n) is 5.26. The zero-order chi connectivity index (χ0) is 13.3. The number of nitrogens with one attached hydrogen (secondary N) is 1. The molecule has 0 radical (unpaired) electrons. The Bertz CT molecular complexity index is 471.